The monoisotopic (exact) mass is 214 g/mol. The highest BCUT2D eigenvalue weighted by molar-refractivity contribution is 5.71. The molecule has 0 spiro atoms. The van der Waals surface area contributed by atoms with Crippen molar-refractivity contribution in [2.24, 2.45) is 0 Å². The highest BCUT2D eigenvalue weighted by Crippen LogP contribution is 2.19. The van der Waals surface area contributed by atoms with E-state index in [1.54, 1.807) is 6.92 Å². The SMILES string of the molecule is CCOC(=O)CCCCC1CCC(=O)O1. The molecule has 4 heteroatoms. The lowest BCUT2D eigenvalue weighted by Gasteiger charge is -2.07. The van der Waals surface area contributed by atoms with Gasteiger partial charge in [0.05, 0.1) is 6.61 Å². The van der Waals surface area contributed by atoms with Crippen LogP contribution in [0.15, 0.2) is 0 Å². The zero-order valence-electron chi connectivity index (χ0n) is 9.16. The quantitative estimate of drug-likeness (QED) is 0.500. The average Bonchev–Trinajstić information content (AvgIpc) is 2.60. The second kappa shape index (κ2) is 6.43. The van der Waals surface area contributed by atoms with E-state index >= 15 is 0 Å². The summed E-state index contributed by atoms with van der Waals surface area (Å²) in [6.07, 6.45) is 4.52. The Morgan fingerprint density at radius 2 is 2.33 bits per heavy atom. The Morgan fingerprint density at radius 1 is 1.53 bits per heavy atom. The molecular weight excluding hydrogens is 196 g/mol. The van der Waals surface area contributed by atoms with E-state index in [2.05, 4.69) is 0 Å². The molecule has 0 saturated carbocycles. The van der Waals surface area contributed by atoms with Gasteiger partial charge in [0.2, 0.25) is 0 Å². The first-order valence-electron chi connectivity index (χ1n) is 5.57. The van der Waals surface area contributed by atoms with Crippen molar-refractivity contribution in [3.8, 4) is 0 Å². The Hall–Kier alpha value is -1.06. The van der Waals surface area contributed by atoms with Crippen LogP contribution < -0.4 is 0 Å². The molecule has 1 unspecified atom stereocenters. The van der Waals surface area contributed by atoms with E-state index in [4.69, 9.17) is 9.47 Å². The van der Waals surface area contributed by atoms with Gasteiger partial charge >= 0.3 is 11.9 Å². The largest absolute Gasteiger partial charge is 0.466 e. The smallest absolute Gasteiger partial charge is 0.306 e. The average molecular weight is 214 g/mol. The lowest BCUT2D eigenvalue weighted by Crippen LogP contribution is -2.07. The van der Waals surface area contributed by atoms with Crippen molar-refractivity contribution >= 4 is 11.9 Å². The van der Waals surface area contributed by atoms with Crippen LogP contribution in [0.1, 0.15) is 45.4 Å². The predicted molar refractivity (Wildman–Crippen MR) is 54.2 cm³/mol. The molecule has 0 radical (unpaired) electrons. The van der Waals surface area contributed by atoms with Crippen molar-refractivity contribution in [3.63, 3.8) is 0 Å². The highest BCUT2D eigenvalue weighted by Gasteiger charge is 2.22. The summed E-state index contributed by atoms with van der Waals surface area (Å²) in [5.74, 6) is -0.230. The van der Waals surface area contributed by atoms with Gasteiger partial charge in [-0.1, -0.05) is 0 Å². The number of carbonyl (C=O) groups excluding carboxylic acids is 2. The van der Waals surface area contributed by atoms with Gasteiger partial charge in [0.25, 0.3) is 0 Å². The molecule has 0 bridgehead atoms. The van der Waals surface area contributed by atoms with E-state index in [1.807, 2.05) is 0 Å². The molecule has 0 aliphatic carbocycles. The number of rotatable bonds is 6. The van der Waals surface area contributed by atoms with E-state index in [0.29, 0.717) is 19.4 Å². The van der Waals surface area contributed by atoms with Crippen molar-refractivity contribution in [2.75, 3.05) is 6.61 Å². The minimum Gasteiger partial charge on any atom is -0.466 e. The van der Waals surface area contributed by atoms with Gasteiger partial charge in [0.1, 0.15) is 6.10 Å². The van der Waals surface area contributed by atoms with E-state index in [-0.39, 0.29) is 18.0 Å². The summed E-state index contributed by atoms with van der Waals surface area (Å²) in [6.45, 7) is 2.24. The van der Waals surface area contributed by atoms with E-state index < -0.39 is 0 Å². The fourth-order valence-electron chi connectivity index (χ4n) is 1.66. The van der Waals surface area contributed by atoms with Gasteiger partial charge in [-0.2, -0.15) is 0 Å². The molecule has 0 aromatic rings. The zero-order valence-corrected chi connectivity index (χ0v) is 9.16. The maximum absolute atomic E-state index is 11.0. The molecule has 1 rings (SSSR count). The zero-order chi connectivity index (χ0) is 11.1. The molecule has 1 heterocycles. The minimum absolute atomic E-state index is 0.0831. The van der Waals surface area contributed by atoms with E-state index in [9.17, 15) is 9.59 Å². The van der Waals surface area contributed by atoms with Gasteiger partial charge in [0.15, 0.2) is 0 Å². The van der Waals surface area contributed by atoms with Crippen LogP contribution in [0.25, 0.3) is 0 Å². The molecule has 4 nitrogen and oxygen atoms in total. The van der Waals surface area contributed by atoms with Gasteiger partial charge in [-0.3, -0.25) is 9.59 Å². The Morgan fingerprint density at radius 3 is 2.93 bits per heavy atom. The molecule has 1 fully saturated rings. The first-order valence-corrected chi connectivity index (χ1v) is 5.57. The molecule has 1 aliphatic rings. The first-order chi connectivity index (χ1) is 7.22. The minimum atomic E-state index is -0.138. The lowest BCUT2D eigenvalue weighted by atomic mass is 10.1. The number of hydrogen-bond acceptors (Lipinski definition) is 4. The fraction of sp³-hybridized carbons (Fsp3) is 0.818. The number of esters is 2. The molecular formula is C11H18O4. The molecule has 1 saturated heterocycles. The van der Waals surface area contributed by atoms with Crippen LogP contribution in [-0.2, 0) is 19.1 Å². The Kier molecular flexibility index (Phi) is 5.15. The third kappa shape index (κ3) is 4.81. The van der Waals surface area contributed by atoms with Crippen LogP contribution in [-0.4, -0.2) is 24.6 Å². The van der Waals surface area contributed by atoms with Crippen molar-refractivity contribution in [3.05, 3.63) is 0 Å². The summed E-state index contributed by atoms with van der Waals surface area (Å²) in [7, 11) is 0. The van der Waals surface area contributed by atoms with E-state index in [0.717, 1.165) is 25.7 Å². The highest BCUT2D eigenvalue weighted by atomic mass is 16.5. The van der Waals surface area contributed by atoms with Crippen LogP contribution in [0.5, 0.6) is 0 Å². The van der Waals surface area contributed by atoms with Crippen molar-refractivity contribution < 1.29 is 19.1 Å². The number of cyclic esters (lactones) is 1. The summed E-state index contributed by atoms with van der Waals surface area (Å²) in [4.78, 5) is 21.8. The number of unbranched alkanes of at least 4 members (excludes halogenated alkanes) is 1. The predicted octanol–water partition coefficient (Wildman–Crippen LogP) is 1.82. The van der Waals surface area contributed by atoms with Crippen LogP contribution in [0.2, 0.25) is 0 Å². The maximum atomic E-state index is 11.0. The second-order valence-corrected chi connectivity index (χ2v) is 3.70. The third-order valence-electron chi connectivity index (χ3n) is 2.43. The number of hydrogen-bond donors (Lipinski definition) is 0. The normalized spacial score (nSPS) is 20.1. The summed E-state index contributed by atoms with van der Waals surface area (Å²) in [5.41, 5.74) is 0. The summed E-state index contributed by atoms with van der Waals surface area (Å²) >= 11 is 0. The number of ether oxygens (including phenoxy) is 2. The molecule has 15 heavy (non-hydrogen) atoms. The van der Waals surface area contributed by atoms with Crippen molar-refractivity contribution in [2.45, 2.75) is 51.6 Å². The van der Waals surface area contributed by atoms with Gasteiger partial charge < -0.3 is 9.47 Å². The first kappa shape index (κ1) is 12.0. The molecule has 1 aliphatic heterocycles. The molecule has 0 N–H and O–H groups in total. The Bertz CT molecular complexity index is 225. The van der Waals surface area contributed by atoms with E-state index in [1.165, 1.54) is 0 Å². The van der Waals surface area contributed by atoms with Crippen LogP contribution >= 0.6 is 0 Å². The summed E-state index contributed by atoms with van der Waals surface area (Å²) in [5, 5.41) is 0. The molecule has 0 amide bonds. The molecule has 0 aromatic carbocycles. The fourth-order valence-corrected chi connectivity index (χ4v) is 1.66. The second-order valence-electron chi connectivity index (χ2n) is 3.70. The van der Waals surface area contributed by atoms with Gasteiger partial charge in [-0.15, -0.1) is 0 Å². The number of carbonyl (C=O) groups is 2. The Balaban J connectivity index is 1.97. The Labute approximate surface area is 89.9 Å². The summed E-state index contributed by atoms with van der Waals surface area (Å²) < 4.78 is 9.87. The lowest BCUT2D eigenvalue weighted by molar-refractivity contribution is -0.144. The van der Waals surface area contributed by atoms with Crippen molar-refractivity contribution in [1.82, 2.24) is 0 Å². The third-order valence-corrected chi connectivity index (χ3v) is 2.43. The van der Waals surface area contributed by atoms with Crippen LogP contribution in [0.3, 0.4) is 0 Å². The standard InChI is InChI=1S/C11H18O4/c1-2-14-10(12)6-4-3-5-9-7-8-11(13)15-9/h9H,2-8H2,1H3. The van der Waals surface area contributed by atoms with Gasteiger partial charge in [0, 0.05) is 12.8 Å². The van der Waals surface area contributed by atoms with Gasteiger partial charge in [-0.25, -0.2) is 0 Å². The topological polar surface area (TPSA) is 52.6 Å². The van der Waals surface area contributed by atoms with Crippen LogP contribution in [0, 0.1) is 0 Å². The maximum Gasteiger partial charge on any atom is 0.306 e. The van der Waals surface area contributed by atoms with Crippen molar-refractivity contribution in [1.29, 1.82) is 0 Å². The molecule has 86 valence electrons. The van der Waals surface area contributed by atoms with Gasteiger partial charge in [-0.05, 0) is 32.6 Å². The summed E-state index contributed by atoms with van der Waals surface area (Å²) in [6, 6.07) is 0. The van der Waals surface area contributed by atoms with Crippen LogP contribution in [0.4, 0.5) is 0 Å². The molecule has 1 atom stereocenters. The molecule has 0 aromatic heterocycles.